The lowest BCUT2D eigenvalue weighted by Gasteiger charge is -2.39. The van der Waals surface area contributed by atoms with Crippen molar-refractivity contribution in [3.8, 4) is 0 Å². The largest absolute Gasteiger partial charge is 0.481 e. The van der Waals surface area contributed by atoms with Crippen LogP contribution in [0.25, 0.3) is 0 Å². The summed E-state index contributed by atoms with van der Waals surface area (Å²) in [6.07, 6.45) is 8.09. The van der Waals surface area contributed by atoms with Crippen molar-refractivity contribution in [2.24, 2.45) is 5.92 Å². The zero-order valence-corrected chi connectivity index (χ0v) is 19.4. The van der Waals surface area contributed by atoms with Gasteiger partial charge in [0.2, 0.25) is 0 Å². The number of nitrogens with zero attached hydrogens (tertiary/aromatic N) is 1. The van der Waals surface area contributed by atoms with Crippen molar-refractivity contribution in [2.75, 3.05) is 18.5 Å². The highest BCUT2D eigenvalue weighted by Gasteiger charge is 2.40. The third-order valence-electron chi connectivity index (χ3n) is 7.02. The van der Waals surface area contributed by atoms with E-state index in [-0.39, 0.29) is 12.0 Å². The average molecular weight is 437 g/mol. The van der Waals surface area contributed by atoms with Gasteiger partial charge >= 0.3 is 5.97 Å². The zero-order valence-electron chi connectivity index (χ0n) is 19.4. The molecule has 1 aliphatic heterocycles. The number of carbonyl (C=O) groups is 1. The number of aryl methyl sites for hydroxylation is 4. The SMILES string of the molecule is CCc1cc(C)ccc1[C@@H](C(=O)O)C1CC(OCCCCc2ccc3c(n2)NCCC3)C1. The third-order valence-corrected chi connectivity index (χ3v) is 7.02. The van der Waals surface area contributed by atoms with Gasteiger partial charge in [-0.2, -0.15) is 0 Å². The summed E-state index contributed by atoms with van der Waals surface area (Å²) in [6.45, 7) is 5.92. The fourth-order valence-electron chi connectivity index (χ4n) is 5.11. The monoisotopic (exact) mass is 436 g/mol. The van der Waals surface area contributed by atoms with E-state index in [1.165, 1.54) is 17.5 Å². The van der Waals surface area contributed by atoms with Crippen LogP contribution in [0.5, 0.6) is 0 Å². The van der Waals surface area contributed by atoms with Gasteiger partial charge in [-0.25, -0.2) is 4.98 Å². The molecule has 0 bridgehead atoms. The van der Waals surface area contributed by atoms with Crippen LogP contribution in [0.3, 0.4) is 0 Å². The second kappa shape index (κ2) is 10.5. The molecular weight excluding hydrogens is 400 g/mol. The maximum Gasteiger partial charge on any atom is 0.311 e. The Bertz CT molecular complexity index is 936. The van der Waals surface area contributed by atoms with Gasteiger partial charge in [0.1, 0.15) is 5.82 Å². The molecule has 0 spiro atoms. The molecule has 2 heterocycles. The molecule has 2 aromatic rings. The molecule has 1 fully saturated rings. The number of hydrogen-bond donors (Lipinski definition) is 2. The molecule has 5 heteroatoms. The van der Waals surface area contributed by atoms with E-state index >= 15 is 0 Å². The molecule has 0 amide bonds. The first-order chi connectivity index (χ1) is 15.5. The van der Waals surface area contributed by atoms with Crippen molar-refractivity contribution in [1.29, 1.82) is 0 Å². The van der Waals surface area contributed by atoms with Gasteiger partial charge in [0.25, 0.3) is 0 Å². The minimum Gasteiger partial charge on any atom is -0.481 e. The van der Waals surface area contributed by atoms with Gasteiger partial charge in [0, 0.05) is 18.8 Å². The zero-order chi connectivity index (χ0) is 22.5. The first-order valence-corrected chi connectivity index (χ1v) is 12.2. The lowest BCUT2D eigenvalue weighted by molar-refractivity contribution is -0.143. The maximum absolute atomic E-state index is 12.1. The summed E-state index contributed by atoms with van der Waals surface area (Å²) in [4.78, 5) is 16.8. The molecule has 1 atom stereocenters. The summed E-state index contributed by atoms with van der Waals surface area (Å²) in [6, 6.07) is 10.6. The molecule has 2 N–H and O–H groups in total. The minimum absolute atomic E-state index is 0.165. The van der Waals surface area contributed by atoms with Crippen molar-refractivity contribution in [1.82, 2.24) is 4.98 Å². The Kier molecular flexibility index (Phi) is 7.46. The quantitative estimate of drug-likeness (QED) is 0.495. The van der Waals surface area contributed by atoms with E-state index in [4.69, 9.17) is 9.72 Å². The molecular formula is C27H36N2O3. The summed E-state index contributed by atoms with van der Waals surface area (Å²) in [7, 11) is 0. The first kappa shape index (κ1) is 22.8. The minimum atomic E-state index is -0.709. The number of anilines is 1. The van der Waals surface area contributed by atoms with E-state index in [0.29, 0.717) is 0 Å². The van der Waals surface area contributed by atoms with E-state index in [2.05, 4.69) is 37.4 Å². The van der Waals surface area contributed by atoms with Gasteiger partial charge in [0.05, 0.1) is 12.0 Å². The molecule has 1 saturated carbocycles. The lowest BCUT2D eigenvalue weighted by atomic mass is 9.70. The van der Waals surface area contributed by atoms with Gasteiger partial charge in [-0.3, -0.25) is 4.79 Å². The first-order valence-electron chi connectivity index (χ1n) is 12.2. The number of carboxylic acid groups (broad SMARTS) is 1. The fourth-order valence-corrected chi connectivity index (χ4v) is 5.11. The Morgan fingerprint density at radius 3 is 2.88 bits per heavy atom. The Labute approximate surface area is 191 Å². The number of benzene rings is 1. The second-order valence-corrected chi connectivity index (χ2v) is 9.39. The van der Waals surface area contributed by atoms with Gasteiger partial charge in [-0.05, 0) is 87.0 Å². The number of fused-ring (bicyclic) bond motifs is 1. The third kappa shape index (κ3) is 5.32. The molecule has 0 saturated heterocycles. The molecule has 5 nitrogen and oxygen atoms in total. The smallest absolute Gasteiger partial charge is 0.311 e. The average Bonchev–Trinajstić information content (AvgIpc) is 2.77. The number of unbranched alkanes of at least 4 members (excludes halogenated alkanes) is 1. The van der Waals surface area contributed by atoms with Crippen molar-refractivity contribution >= 4 is 11.8 Å². The molecule has 0 radical (unpaired) electrons. The number of hydrogen-bond acceptors (Lipinski definition) is 4. The fraction of sp³-hybridized carbons (Fsp3) is 0.556. The summed E-state index contributed by atoms with van der Waals surface area (Å²) in [5, 5.41) is 13.3. The standard InChI is InChI=1S/C27H36N2O3/c1-3-19-15-18(2)9-12-24(19)25(27(30)31)21-16-23(17-21)32-14-5-4-8-22-11-10-20-7-6-13-28-26(20)29-22/h9-12,15,21,23,25H,3-8,13-14,16-17H2,1-2H3,(H,28,29)(H,30,31)/t21?,23?,25-/m0/s1. The highest BCUT2D eigenvalue weighted by atomic mass is 16.5. The van der Waals surface area contributed by atoms with Crippen molar-refractivity contribution in [3.63, 3.8) is 0 Å². The van der Waals surface area contributed by atoms with E-state index in [0.717, 1.165) is 80.7 Å². The Morgan fingerprint density at radius 1 is 1.25 bits per heavy atom. The van der Waals surface area contributed by atoms with Gasteiger partial charge in [-0.15, -0.1) is 0 Å². The highest BCUT2D eigenvalue weighted by molar-refractivity contribution is 5.77. The number of aromatic nitrogens is 1. The molecule has 1 aliphatic carbocycles. The number of carboxylic acids is 1. The molecule has 2 aliphatic rings. The number of nitrogens with one attached hydrogen (secondary N) is 1. The van der Waals surface area contributed by atoms with Crippen LogP contribution in [0.2, 0.25) is 0 Å². The summed E-state index contributed by atoms with van der Waals surface area (Å²) < 4.78 is 6.05. The number of ether oxygens (including phenoxy) is 1. The number of aliphatic carboxylic acids is 1. The van der Waals surface area contributed by atoms with Crippen LogP contribution in [0.1, 0.15) is 72.9 Å². The van der Waals surface area contributed by atoms with Gasteiger partial charge in [0.15, 0.2) is 0 Å². The molecule has 32 heavy (non-hydrogen) atoms. The second-order valence-electron chi connectivity index (χ2n) is 9.39. The predicted octanol–water partition coefficient (Wildman–Crippen LogP) is 5.30. The molecule has 1 aromatic carbocycles. The summed E-state index contributed by atoms with van der Waals surface area (Å²) >= 11 is 0. The van der Waals surface area contributed by atoms with Crippen LogP contribution in [-0.4, -0.2) is 35.3 Å². The van der Waals surface area contributed by atoms with Crippen LogP contribution < -0.4 is 5.32 Å². The van der Waals surface area contributed by atoms with Gasteiger partial charge in [-0.1, -0.05) is 36.8 Å². The number of rotatable bonds is 10. The topological polar surface area (TPSA) is 71.5 Å². The van der Waals surface area contributed by atoms with Crippen molar-refractivity contribution in [2.45, 2.75) is 77.2 Å². The van der Waals surface area contributed by atoms with Crippen LogP contribution in [-0.2, 0) is 28.8 Å². The number of pyridine rings is 1. The van der Waals surface area contributed by atoms with Crippen molar-refractivity contribution in [3.05, 3.63) is 58.3 Å². The van der Waals surface area contributed by atoms with Gasteiger partial charge < -0.3 is 15.2 Å². The predicted molar refractivity (Wildman–Crippen MR) is 127 cm³/mol. The Morgan fingerprint density at radius 2 is 2.09 bits per heavy atom. The summed E-state index contributed by atoms with van der Waals surface area (Å²) in [5.41, 5.74) is 5.82. The molecule has 0 unspecified atom stereocenters. The Balaban J connectivity index is 1.20. The van der Waals surface area contributed by atoms with E-state index in [1.807, 2.05) is 12.1 Å². The van der Waals surface area contributed by atoms with Crippen LogP contribution in [0, 0.1) is 12.8 Å². The van der Waals surface area contributed by atoms with Crippen molar-refractivity contribution < 1.29 is 14.6 Å². The van der Waals surface area contributed by atoms with E-state index < -0.39 is 11.9 Å². The van der Waals surface area contributed by atoms with Crippen LogP contribution in [0.15, 0.2) is 30.3 Å². The highest BCUT2D eigenvalue weighted by Crippen LogP contribution is 2.42. The molecule has 172 valence electrons. The van der Waals surface area contributed by atoms with E-state index in [9.17, 15) is 9.90 Å². The molecule has 1 aromatic heterocycles. The normalized spacial score (nSPS) is 20.7. The summed E-state index contributed by atoms with van der Waals surface area (Å²) in [5.74, 6) is 0.101. The lowest BCUT2D eigenvalue weighted by Crippen LogP contribution is -2.38. The Hall–Kier alpha value is -2.40. The molecule has 4 rings (SSSR count). The van der Waals surface area contributed by atoms with Crippen LogP contribution in [0.4, 0.5) is 5.82 Å². The maximum atomic E-state index is 12.1. The van der Waals surface area contributed by atoms with E-state index in [1.54, 1.807) is 0 Å². The van der Waals surface area contributed by atoms with Crippen LogP contribution >= 0.6 is 0 Å².